The maximum Gasteiger partial charge on any atom is 0.416 e. The standard InChI is InChI=1S/C15H12F3NO2/c1-9-12(3-2-4-13(9)20)19-14(21)10-5-7-11(8-6-10)15(16,17)18/h2-8,20H,1H3,(H,19,21). The second-order valence-electron chi connectivity index (χ2n) is 4.48. The summed E-state index contributed by atoms with van der Waals surface area (Å²) in [6.07, 6.45) is -4.43. The van der Waals surface area contributed by atoms with Crippen molar-refractivity contribution < 1.29 is 23.1 Å². The number of carbonyl (C=O) groups is 1. The van der Waals surface area contributed by atoms with Gasteiger partial charge in [0.15, 0.2) is 0 Å². The van der Waals surface area contributed by atoms with Gasteiger partial charge in [0.25, 0.3) is 5.91 Å². The average molecular weight is 295 g/mol. The zero-order chi connectivity index (χ0) is 15.6. The Balaban J connectivity index is 2.19. The van der Waals surface area contributed by atoms with Gasteiger partial charge in [-0.15, -0.1) is 0 Å². The van der Waals surface area contributed by atoms with Crippen LogP contribution in [-0.4, -0.2) is 11.0 Å². The molecule has 2 N–H and O–H groups in total. The van der Waals surface area contributed by atoms with Gasteiger partial charge in [0.05, 0.1) is 5.56 Å². The number of alkyl halides is 3. The third kappa shape index (κ3) is 3.34. The number of hydrogen-bond acceptors (Lipinski definition) is 2. The minimum atomic E-state index is -4.43. The summed E-state index contributed by atoms with van der Waals surface area (Å²) in [6.45, 7) is 1.62. The lowest BCUT2D eigenvalue weighted by Crippen LogP contribution is -2.13. The highest BCUT2D eigenvalue weighted by Crippen LogP contribution is 2.29. The molecular weight excluding hydrogens is 283 g/mol. The Kier molecular flexibility index (Phi) is 3.88. The molecule has 3 nitrogen and oxygen atoms in total. The SMILES string of the molecule is Cc1c(O)cccc1NC(=O)c1ccc(C(F)(F)F)cc1. The zero-order valence-corrected chi connectivity index (χ0v) is 11.0. The molecule has 0 unspecified atom stereocenters. The highest BCUT2D eigenvalue weighted by Gasteiger charge is 2.30. The van der Waals surface area contributed by atoms with Crippen LogP contribution in [0, 0.1) is 6.92 Å². The second-order valence-corrected chi connectivity index (χ2v) is 4.48. The largest absolute Gasteiger partial charge is 0.508 e. The second kappa shape index (κ2) is 5.47. The summed E-state index contributed by atoms with van der Waals surface area (Å²) in [7, 11) is 0. The van der Waals surface area contributed by atoms with E-state index in [9.17, 15) is 23.1 Å². The maximum atomic E-state index is 12.4. The molecular formula is C15H12F3NO2. The highest BCUT2D eigenvalue weighted by molar-refractivity contribution is 6.04. The normalized spacial score (nSPS) is 11.2. The van der Waals surface area contributed by atoms with Crippen molar-refractivity contribution in [1.82, 2.24) is 0 Å². The highest BCUT2D eigenvalue weighted by atomic mass is 19.4. The Hall–Kier alpha value is -2.50. The van der Waals surface area contributed by atoms with Crippen molar-refractivity contribution in [1.29, 1.82) is 0 Å². The number of phenolic OH excluding ortho intramolecular Hbond substituents is 1. The fourth-order valence-corrected chi connectivity index (χ4v) is 1.76. The van der Waals surface area contributed by atoms with E-state index in [1.54, 1.807) is 19.1 Å². The molecule has 2 aromatic rings. The van der Waals surface area contributed by atoms with E-state index in [2.05, 4.69) is 5.32 Å². The van der Waals surface area contributed by atoms with Crippen LogP contribution in [0.4, 0.5) is 18.9 Å². The van der Waals surface area contributed by atoms with Gasteiger partial charge in [0.2, 0.25) is 0 Å². The van der Waals surface area contributed by atoms with Crippen LogP contribution >= 0.6 is 0 Å². The van der Waals surface area contributed by atoms with Gasteiger partial charge in [-0.3, -0.25) is 4.79 Å². The summed E-state index contributed by atoms with van der Waals surface area (Å²) in [6, 6.07) is 8.55. The summed E-state index contributed by atoms with van der Waals surface area (Å²) in [5, 5.41) is 12.1. The van der Waals surface area contributed by atoms with Crippen molar-refractivity contribution in [2.75, 3.05) is 5.32 Å². The van der Waals surface area contributed by atoms with Crippen LogP contribution in [0.3, 0.4) is 0 Å². The van der Waals surface area contributed by atoms with E-state index in [1.807, 2.05) is 0 Å². The molecule has 0 saturated heterocycles. The van der Waals surface area contributed by atoms with Crippen LogP contribution in [0.15, 0.2) is 42.5 Å². The Morgan fingerprint density at radius 2 is 1.71 bits per heavy atom. The molecule has 0 radical (unpaired) electrons. The first-order valence-electron chi connectivity index (χ1n) is 6.06. The number of aromatic hydroxyl groups is 1. The van der Waals surface area contributed by atoms with Gasteiger partial charge >= 0.3 is 6.18 Å². The lowest BCUT2D eigenvalue weighted by molar-refractivity contribution is -0.137. The van der Waals surface area contributed by atoms with E-state index in [0.29, 0.717) is 11.3 Å². The van der Waals surface area contributed by atoms with Crippen molar-refractivity contribution in [3.63, 3.8) is 0 Å². The summed E-state index contributed by atoms with van der Waals surface area (Å²) in [5.74, 6) is -0.516. The lowest BCUT2D eigenvalue weighted by Gasteiger charge is -2.10. The van der Waals surface area contributed by atoms with E-state index in [4.69, 9.17) is 0 Å². The number of rotatable bonds is 2. The fraction of sp³-hybridized carbons (Fsp3) is 0.133. The van der Waals surface area contributed by atoms with Crippen LogP contribution in [0.5, 0.6) is 5.75 Å². The number of halogens is 3. The topological polar surface area (TPSA) is 49.3 Å². The molecule has 0 aliphatic carbocycles. The number of carbonyl (C=O) groups excluding carboxylic acids is 1. The van der Waals surface area contributed by atoms with Gasteiger partial charge in [-0.05, 0) is 43.3 Å². The first-order valence-corrected chi connectivity index (χ1v) is 6.06. The van der Waals surface area contributed by atoms with E-state index in [0.717, 1.165) is 24.3 Å². The Bertz CT molecular complexity index is 664. The molecule has 21 heavy (non-hydrogen) atoms. The van der Waals surface area contributed by atoms with Gasteiger partial charge in [-0.2, -0.15) is 13.2 Å². The molecule has 0 heterocycles. The van der Waals surface area contributed by atoms with Gasteiger partial charge in [-0.1, -0.05) is 6.07 Å². The predicted molar refractivity (Wildman–Crippen MR) is 72.2 cm³/mol. The molecule has 0 aliphatic heterocycles. The third-order valence-electron chi connectivity index (χ3n) is 3.03. The minimum Gasteiger partial charge on any atom is -0.508 e. The number of phenols is 1. The Morgan fingerprint density at radius 1 is 1.10 bits per heavy atom. The first-order chi connectivity index (χ1) is 9.79. The number of hydrogen-bond donors (Lipinski definition) is 2. The van der Waals surface area contributed by atoms with Crippen molar-refractivity contribution in [3.8, 4) is 5.75 Å². The van der Waals surface area contributed by atoms with E-state index in [-0.39, 0.29) is 11.3 Å². The molecule has 0 bridgehead atoms. The molecule has 6 heteroatoms. The van der Waals surface area contributed by atoms with Crippen LogP contribution in [-0.2, 0) is 6.18 Å². The van der Waals surface area contributed by atoms with Crippen LogP contribution in [0.2, 0.25) is 0 Å². The molecule has 1 amide bonds. The molecule has 110 valence electrons. The van der Waals surface area contributed by atoms with Crippen molar-refractivity contribution >= 4 is 11.6 Å². The minimum absolute atomic E-state index is 0.0280. The van der Waals surface area contributed by atoms with Gasteiger partial charge < -0.3 is 10.4 Å². The molecule has 0 atom stereocenters. The summed E-state index contributed by atoms with van der Waals surface area (Å²) in [4.78, 5) is 12.0. The van der Waals surface area contributed by atoms with Crippen molar-refractivity contribution in [3.05, 3.63) is 59.2 Å². The zero-order valence-electron chi connectivity index (χ0n) is 11.0. The number of amides is 1. The third-order valence-corrected chi connectivity index (χ3v) is 3.03. The van der Waals surface area contributed by atoms with E-state index >= 15 is 0 Å². The average Bonchev–Trinajstić information content (AvgIpc) is 2.43. The molecule has 0 fully saturated rings. The molecule has 2 aromatic carbocycles. The number of benzene rings is 2. The van der Waals surface area contributed by atoms with Crippen molar-refractivity contribution in [2.24, 2.45) is 0 Å². The monoisotopic (exact) mass is 295 g/mol. The van der Waals surface area contributed by atoms with Crippen LogP contribution < -0.4 is 5.32 Å². The summed E-state index contributed by atoms with van der Waals surface area (Å²) in [5.41, 5.74) is 0.177. The molecule has 2 rings (SSSR count). The molecule has 0 spiro atoms. The summed E-state index contributed by atoms with van der Waals surface area (Å²) < 4.78 is 37.3. The Labute approximate surface area is 119 Å². The number of nitrogens with one attached hydrogen (secondary N) is 1. The fourth-order valence-electron chi connectivity index (χ4n) is 1.76. The molecule has 0 aromatic heterocycles. The van der Waals surface area contributed by atoms with Crippen molar-refractivity contribution in [2.45, 2.75) is 13.1 Å². The van der Waals surface area contributed by atoms with Crippen LogP contribution in [0.1, 0.15) is 21.5 Å². The maximum absolute atomic E-state index is 12.4. The predicted octanol–water partition coefficient (Wildman–Crippen LogP) is 3.97. The summed E-state index contributed by atoms with van der Waals surface area (Å²) >= 11 is 0. The molecule has 0 saturated carbocycles. The number of anilines is 1. The first kappa shape index (κ1) is 14.9. The van der Waals surface area contributed by atoms with E-state index in [1.165, 1.54) is 6.07 Å². The van der Waals surface area contributed by atoms with E-state index < -0.39 is 17.6 Å². The van der Waals surface area contributed by atoms with Gasteiger partial charge in [0, 0.05) is 16.8 Å². The quantitative estimate of drug-likeness (QED) is 0.880. The van der Waals surface area contributed by atoms with Crippen LogP contribution in [0.25, 0.3) is 0 Å². The molecule has 0 aliphatic rings. The lowest BCUT2D eigenvalue weighted by atomic mass is 10.1. The van der Waals surface area contributed by atoms with Gasteiger partial charge in [-0.25, -0.2) is 0 Å². The smallest absolute Gasteiger partial charge is 0.416 e. The Morgan fingerprint density at radius 3 is 2.29 bits per heavy atom. The van der Waals surface area contributed by atoms with Gasteiger partial charge in [0.1, 0.15) is 5.75 Å².